The van der Waals surface area contributed by atoms with Gasteiger partial charge in [0.25, 0.3) is 0 Å². The minimum Gasteiger partial charge on any atom is -0.455 e. The molecule has 0 N–H and O–H groups in total. The van der Waals surface area contributed by atoms with Gasteiger partial charge in [-0.1, -0.05) is 13.8 Å². The normalized spacial score (nSPS) is 25.4. The molecule has 1 rings (SSSR count). The van der Waals surface area contributed by atoms with Crippen molar-refractivity contribution in [2.45, 2.75) is 44.8 Å². The van der Waals surface area contributed by atoms with E-state index in [-0.39, 0.29) is 12.4 Å². The molecule has 1 fully saturated rings. The lowest BCUT2D eigenvalue weighted by Crippen LogP contribution is -2.38. The molecule has 0 aromatic rings. The number of carbonyl (C=O) groups excluding carboxylic acids is 1. The highest BCUT2D eigenvalue weighted by Gasteiger charge is 2.49. The summed E-state index contributed by atoms with van der Waals surface area (Å²) in [5, 5.41) is 2.36. The maximum atomic E-state index is 11.0. The molecule has 1 saturated heterocycles. The van der Waals surface area contributed by atoms with Gasteiger partial charge in [-0.05, 0) is 12.8 Å². The number of hydrogen-bond donors (Lipinski definition) is 0. The van der Waals surface area contributed by atoms with E-state index >= 15 is 0 Å². The van der Waals surface area contributed by atoms with E-state index in [4.69, 9.17) is 4.74 Å². The van der Waals surface area contributed by atoms with E-state index in [0.717, 1.165) is 0 Å². The zero-order valence-corrected chi connectivity index (χ0v) is 7.78. The van der Waals surface area contributed by atoms with Crippen LogP contribution >= 0.6 is 0 Å². The first-order valence-corrected chi connectivity index (χ1v) is 4.39. The standard InChI is InChI=1S/C8H13NO4/c1-3-8(4-2)6(13-9-11)5-7(10)12-8/h6H,3-5H2,1-2H3. The Bertz CT molecular complexity index is 212. The fourth-order valence-electron chi connectivity index (χ4n) is 1.71. The van der Waals surface area contributed by atoms with Gasteiger partial charge in [-0.25, -0.2) is 0 Å². The lowest BCUT2D eigenvalue weighted by Gasteiger charge is -2.28. The molecule has 0 spiro atoms. The van der Waals surface area contributed by atoms with Crippen molar-refractivity contribution in [1.29, 1.82) is 0 Å². The van der Waals surface area contributed by atoms with Gasteiger partial charge in [0, 0.05) is 0 Å². The molecule has 74 valence electrons. The Morgan fingerprint density at radius 3 is 2.69 bits per heavy atom. The van der Waals surface area contributed by atoms with Crippen molar-refractivity contribution in [1.82, 2.24) is 0 Å². The van der Waals surface area contributed by atoms with E-state index in [1.165, 1.54) is 0 Å². The molecule has 0 saturated carbocycles. The zero-order chi connectivity index (χ0) is 9.90. The van der Waals surface area contributed by atoms with Crippen molar-refractivity contribution in [3.63, 3.8) is 0 Å². The fraction of sp³-hybridized carbons (Fsp3) is 0.875. The Morgan fingerprint density at radius 1 is 1.62 bits per heavy atom. The summed E-state index contributed by atoms with van der Waals surface area (Å²) in [4.78, 5) is 25.6. The molecule has 1 aliphatic rings. The molecule has 0 bridgehead atoms. The van der Waals surface area contributed by atoms with E-state index in [1.807, 2.05) is 13.8 Å². The van der Waals surface area contributed by atoms with Crippen molar-refractivity contribution in [3.8, 4) is 0 Å². The van der Waals surface area contributed by atoms with Crippen LogP contribution in [0.1, 0.15) is 33.1 Å². The number of esters is 1. The molecule has 0 radical (unpaired) electrons. The van der Waals surface area contributed by atoms with Gasteiger partial charge in [-0.15, -0.1) is 4.91 Å². The van der Waals surface area contributed by atoms with Crippen LogP contribution in [0.25, 0.3) is 0 Å². The highest BCUT2D eigenvalue weighted by molar-refractivity contribution is 5.73. The summed E-state index contributed by atoms with van der Waals surface area (Å²) < 4.78 is 5.15. The lowest BCUT2D eigenvalue weighted by molar-refractivity contribution is -0.153. The molecule has 0 aliphatic carbocycles. The first-order chi connectivity index (χ1) is 6.18. The molecular formula is C8H13NO4. The highest BCUT2D eigenvalue weighted by Crippen LogP contribution is 2.35. The minimum absolute atomic E-state index is 0.118. The van der Waals surface area contributed by atoms with Crippen LogP contribution in [0.4, 0.5) is 0 Å². The van der Waals surface area contributed by atoms with E-state index in [9.17, 15) is 9.70 Å². The van der Waals surface area contributed by atoms with Crippen LogP contribution in [-0.2, 0) is 14.4 Å². The van der Waals surface area contributed by atoms with Gasteiger partial charge in [0.15, 0.2) is 17.0 Å². The van der Waals surface area contributed by atoms with Crippen LogP contribution in [0.5, 0.6) is 0 Å². The van der Waals surface area contributed by atoms with Gasteiger partial charge in [0.2, 0.25) is 0 Å². The Balaban J connectivity index is 2.79. The number of cyclic esters (lactones) is 1. The summed E-state index contributed by atoms with van der Waals surface area (Å²) in [6.07, 6.45) is 0.866. The number of rotatable bonds is 4. The quantitative estimate of drug-likeness (QED) is 0.380. The first-order valence-electron chi connectivity index (χ1n) is 4.39. The smallest absolute Gasteiger partial charge is 0.310 e. The summed E-state index contributed by atoms with van der Waals surface area (Å²) in [6.45, 7) is 3.78. The van der Waals surface area contributed by atoms with Gasteiger partial charge in [-0.2, -0.15) is 0 Å². The first kappa shape index (κ1) is 9.95. The minimum atomic E-state index is -0.648. The molecule has 0 amide bonds. The summed E-state index contributed by atoms with van der Waals surface area (Å²) in [7, 11) is 0. The molecule has 1 aliphatic heterocycles. The van der Waals surface area contributed by atoms with Gasteiger partial charge < -0.3 is 9.57 Å². The largest absolute Gasteiger partial charge is 0.455 e. The van der Waals surface area contributed by atoms with Crippen LogP contribution in [0.15, 0.2) is 5.34 Å². The van der Waals surface area contributed by atoms with Gasteiger partial charge in [0.05, 0.1) is 6.42 Å². The average Bonchev–Trinajstić information content (AvgIpc) is 2.44. The van der Waals surface area contributed by atoms with Crippen LogP contribution in [0.3, 0.4) is 0 Å². The Hall–Kier alpha value is -1.13. The van der Waals surface area contributed by atoms with Crippen molar-refractivity contribution < 1.29 is 14.4 Å². The molecule has 5 nitrogen and oxygen atoms in total. The molecular weight excluding hydrogens is 174 g/mol. The predicted molar refractivity (Wildman–Crippen MR) is 44.7 cm³/mol. The second-order valence-corrected chi connectivity index (χ2v) is 3.12. The maximum absolute atomic E-state index is 11.0. The highest BCUT2D eigenvalue weighted by atomic mass is 16.7. The van der Waals surface area contributed by atoms with E-state index in [0.29, 0.717) is 12.8 Å². The fourth-order valence-corrected chi connectivity index (χ4v) is 1.71. The van der Waals surface area contributed by atoms with Crippen LogP contribution < -0.4 is 0 Å². The second-order valence-electron chi connectivity index (χ2n) is 3.12. The van der Waals surface area contributed by atoms with Crippen LogP contribution in [0, 0.1) is 4.91 Å². The van der Waals surface area contributed by atoms with Crippen molar-refractivity contribution in [3.05, 3.63) is 4.91 Å². The maximum Gasteiger partial charge on any atom is 0.310 e. The summed E-state index contributed by atoms with van der Waals surface area (Å²) in [6, 6.07) is 0. The molecule has 0 aromatic carbocycles. The number of carbonyl (C=O) groups is 1. The van der Waals surface area contributed by atoms with Crippen molar-refractivity contribution in [2.24, 2.45) is 5.34 Å². The predicted octanol–water partition coefficient (Wildman–Crippen LogP) is 1.56. The second kappa shape index (κ2) is 3.72. The lowest BCUT2D eigenvalue weighted by atomic mass is 9.91. The van der Waals surface area contributed by atoms with Crippen LogP contribution in [-0.4, -0.2) is 17.7 Å². The van der Waals surface area contributed by atoms with Gasteiger partial charge >= 0.3 is 5.97 Å². The Labute approximate surface area is 76.3 Å². The summed E-state index contributed by atoms with van der Waals surface area (Å²) >= 11 is 0. The third-order valence-electron chi connectivity index (χ3n) is 2.62. The number of nitrogens with zero attached hydrogens (tertiary/aromatic N) is 1. The van der Waals surface area contributed by atoms with E-state index in [2.05, 4.69) is 10.2 Å². The number of hydrogen-bond acceptors (Lipinski definition) is 5. The van der Waals surface area contributed by atoms with E-state index in [1.54, 1.807) is 0 Å². The van der Waals surface area contributed by atoms with Crippen LogP contribution in [0.2, 0.25) is 0 Å². The third-order valence-corrected chi connectivity index (χ3v) is 2.62. The molecule has 5 heteroatoms. The SMILES string of the molecule is CCC1(CC)OC(=O)CC1ON=O. The topological polar surface area (TPSA) is 65.0 Å². The third kappa shape index (κ3) is 1.64. The number of ether oxygens (including phenoxy) is 1. The van der Waals surface area contributed by atoms with Gasteiger partial charge in [0.1, 0.15) is 0 Å². The summed E-state index contributed by atoms with van der Waals surface area (Å²) in [5.74, 6) is -0.322. The molecule has 1 atom stereocenters. The van der Waals surface area contributed by atoms with E-state index < -0.39 is 11.7 Å². The zero-order valence-electron chi connectivity index (χ0n) is 7.78. The van der Waals surface area contributed by atoms with Crippen molar-refractivity contribution >= 4 is 5.97 Å². The van der Waals surface area contributed by atoms with Gasteiger partial charge in [-0.3, -0.25) is 4.79 Å². The average molecular weight is 187 g/mol. The summed E-state index contributed by atoms with van der Waals surface area (Å²) in [5.41, 5.74) is -0.648. The molecule has 1 unspecified atom stereocenters. The molecule has 1 heterocycles. The molecule has 13 heavy (non-hydrogen) atoms. The Kier molecular flexibility index (Phi) is 2.85. The molecule has 0 aromatic heterocycles. The van der Waals surface area contributed by atoms with Crippen molar-refractivity contribution in [2.75, 3.05) is 0 Å². The monoisotopic (exact) mass is 187 g/mol. The Morgan fingerprint density at radius 2 is 2.23 bits per heavy atom.